The van der Waals surface area contributed by atoms with Crippen LogP contribution in [0.25, 0.3) is 0 Å². The first-order valence-electron chi connectivity index (χ1n) is 5.67. The van der Waals surface area contributed by atoms with E-state index in [1.54, 1.807) is 13.8 Å². The Morgan fingerprint density at radius 3 is 2.05 bits per heavy atom. The second-order valence-electron chi connectivity index (χ2n) is 4.40. The maximum Gasteiger partial charge on any atom is 0.326 e. The number of urea groups is 1. The molecule has 2 amide bonds. The molecule has 1 aromatic rings. The Kier molecular flexibility index (Phi) is 5.92. The Hall–Kier alpha value is -1.17. The van der Waals surface area contributed by atoms with Crippen molar-refractivity contribution >= 4 is 52.5 Å². The third-order valence-corrected chi connectivity index (χ3v) is 3.28. The minimum absolute atomic E-state index is 0.161. The standard InChI is InChI=1S/C12H13Cl3N2O3/c1-5(2)9(11(18)19)16-12(20)17-10-7(14)3-6(13)4-8(10)15/h3-5,9H,1-2H3,(H,18,19)(H2,16,17,20)/t9-/m0/s1. The van der Waals surface area contributed by atoms with E-state index in [0.29, 0.717) is 5.02 Å². The van der Waals surface area contributed by atoms with Crippen molar-refractivity contribution in [1.82, 2.24) is 5.32 Å². The lowest BCUT2D eigenvalue weighted by Gasteiger charge is -2.19. The molecule has 1 rings (SSSR count). The number of anilines is 1. The molecular weight excluding hydrogens is 327 g/mol. The molecule has 5 nitrogen and oxygen atoms in total. The van der Waals surface area contributed by atoms with E-state index < -0.39 is 18.0 Å². The van der Waals surface area contributed by atoms with Crippen molar-refractivity contribution in [2.75, 3.05) is 5.32 Å². The Morgan fingerprint density at radius 2 is 1.65 bits per heavy atom. The highest BCUT2D eigenvalue weighted by molar-refractivity contribution is 6.42. The van der Waals surface area contributed by atoms with E-state index in [1.165, 1.54) is 12.1 Å². The molecule has 0 aromatic heterocycles. The largest absolute Gasteiger partial charge is 0.480 e. The van der Waals surface area contributed by atoms with E-state index in [0.717, 1.165) is 0 Å². The second kappa shape index (κ2) is 7.02. The number of amides is 2. The van der Waals surface area contributed by atoms with Crippen LogP contribution in [-0.4, -0.2) is 23.1 Å². The van der Waals surface area contributed by atoms with Gasteiger partial charge in [-0.2, -0.15) is 0 Å². The van der Waals surface area contributed by atoms with Gasteiger partial charge < -0.3 is 15.7 Å². The average Bonchev–Trinajstić information content (AvgIpc) is 2.29. The first kappa shape index (κ1) is 16.9. The average molecular weight is 340 g/mol. The zero-order chi connectivity index (χ0) is 15.4. The summed E-state index contributed by atoms with van der Waals surface area (Å²) < 4.78 is 0. The van der Waals surface area contributed by atoms with Crippen LogP contribution in [0.1, 0.15) is 13.8 Å². The minimum atomic E-state index is -1.12. The summed E-state index contributed by atoms with van der Waals surface area (Å²) in [5, 5.41) is 14.4. The molecule has 0 spiro atoms. The number of hydrogen-bond donors (Lipinski definition) is 3. The lowest BCUT2D eigenvalue weighted by molar-refractivity contribution is -0.140. The lowest BCUT2D eigenvalue weighted by Crippen LogP contribution is -2.46. The lowest BCUT2D eigenvalue weighted by atomic mass is 10.1. The van der Waals surface area contributed by atoms with Crippen LogP contribution in [0.2, 0.25) is 15.1 Å². The predicted octanol–water partition coefficient (Wildman–Crippen LogP) is 3.88. The fourth-order valence-electron chi connectivity index (χ4n) is 1.47. The number of carbonyl (C=O) groups is 2. The third-order valence-electron chi connectivity index (χ3n) is 2.46. The minimum Gasteiger partial charge on any atom is -0.480 e. The van der Waals surface area contributed by atoms with Crippen LogP contribution in [0.15, 0.2) is 12.1 Å². The molecule has 0 unspecified atom stereocenters. The van der Waals surface area contributed by atoms with Gasteiger partial charge in [0.05, 0.1) is 15.7 Å². The molecule has 1 aromatic carbocycles. The van der Waals surface area contributed by atoms with Crippen LogP contribution >= 0.6 is 34.8 Å². The van der Waals surface area contributed by atoms with Crippen molar-refractivity contribution in [3.8, 4) is 0 Å². The highest BCUT2D eigenvalue weighted by atomic mass is 35.5. The van der Waals surface area contributed by atoms with E-state index in [1.807, 2.05) is 0 Å². The van der Waals surface area contributed by atoms with Crippen LogP contribution in [-0.2, 0) is 4.79 Å². The molecule has 110 valence electrons. The molecule has 3 N–H and O–H groups in total. The number of hydrogen-bond acceptors (Lipinski definition) is 2. The smallest absolute Gasteiger partial charge is 0.326 e. The number of carboxylic acids is 1. The first-order chi connectivity index (χ1) is 9.22. The monoisotopic (exact) mass is 338 g/mol. The van der Waals surface area contributed by atoms with E-state index >= 15 is 0 Å². The van der Waals surface area contributed by atoms with Crippen molar-refractivity contribution < 1.29 is 14.7 Å². The zero-order valence-electron chi connectivity index (χ0n) is 10.7. The van der Waals surface area contributed by atoms with Gasteiger partial charge in [-0.15, -0.1) is 0 Å². The van der Waals surface area contributed by atoms with E-state index in [2.05, 4.69) is 10.6 Å². The van der Waals surface area contributed by atoms with Gasteiger partial charge in [0.25, 0.3) is 0 Å². The van der Waals surface area contributed by atoms with Crippen molar-refractivity contribution in [2.24, 2.45) is 5.92 Å². The predicted molar refractivity (Wildman–Crippen MR) is 79.9 cm³/mol. The number of nitrogens with one attached hydrogen (secondary N) is 2. The highest BCUT2D eigenvalue weighted by Gasteiger charge is 2.24. The molecule has 0 saturated heterocycles. The number of aliphatic carboxylic acids is 1. The maximum absolute atomic E-state index is 11.8. The summed E-state index contributed by atoms with van der Waals surface area (Å²) in [7, 11) is 0. The number of rotatable bonds is 4. The number of carbonyl (C=O) groups excluding carboxylic acids is 1. The summed E-state index contributed by atoms with van der Waals surface area (Å²) in [6, 6.07) is 1.11. The molecule has 0 radical (unpaired) electrons. The van der Waals surface area contributed by atoms with Crippen LogP contribution in [0.3, 0.4) is 0 Å². The van der Waals surface area contributed by atoms with Gasteiger partial charge in [-0.3, -0.25) is 0 Å². The SMILES string of the molecule is CC(C)[C@H](NC(=O)Nc1c(Cl)cc(Cl)cc1Cl)C(=O)O. The third kappa shape index (κ3) is 4.44. The molecule has 0 bridgehead atoms. The number of carboxylic acid groups (broad SMARTS) is 1. The molecule has 1 atom stereocenters. The summed E-state index contributed by atoms with van der Waals surface area (Å²) in [5.41, 5.74) is 0.170. The Bertz CT molecular complexity index is 512. The molecule has 8 heteroatoms. The van der Waals surface area contributed by atoms with Gasteiger partial charge in [0.2, 0.25) is 0 Å². The summed E-state index contributed by atoms with van der Waals surface area (Å²) >= 11 is 17.6. The van der Waals surface area contributed by atoms with Gasteiger partial charge in [0.1, 0.15) is 6.04 Å². The van der Waals surface area contributed by atoms with Crippen LogP contribution in [0, 0.1) is 5.92 Å². The summed E-state index contributed by atoms with van der Waals surface area (Å²) in [4.78, 5) is 22.8. The van der Waals surface area contributed by atoms with Gasteiger partial charge in [0.15, 0.2) is 0 Å². The Labute approximate surface area is 131 Å². The fourth-order valence-corrected chi connectivity index (χ4v) is 2.38. The molecule has 0 heterocycles. The first-order valence-corrected chi connectivity index (χ1v) is 6.80. The Balaban J connectivity index is 2.84. The zero-order valence-corrected chi connectivity index (χ0v) is 13.0. The molecular formula is C12H13Cl3N2O3. The van der Waals surface area contributed by atoms with Gasteiger partial charge in [0, 0.05) is 5.02 Å². The van der Waals surface area contributed by atoms with E-state index in [4.69, 9.17) is 39.9 Å². The quantitative estimate of drug-likeness (QED) is 0.779. The van der Waals surface area contributed by atoms with Crippen LogP contribution < -0.4 is 10.6 Å². The molecule has 0 aliphatic carbocycles. The number of benzene rings is 1. The van der Waals surface area contributed by atoms with Gasteiger partial charge in [-0.05, 0) is 18.1 Å². The molecule has 0 aliphatic rings. The van der Waals surface area contributed by atoms with Crippen molar-refractivity contribution in [1.29, 1.82) is 0 Å². The van der Waals surface area contributed by atoms with Gasteiger partial charge in [-0.25, -0.2) is 9.59 Å². The molecule has 0 saturated carbocycles. The van der Waals surface area contributed by atoms with E-state index in [-0.39, 0.29) is 21.7 Å². The van der Waals surface area contributed by atoms with E-state index in [9.17, 15) is 9.59 Å². The van der Waals surface area contributed by atoms with Crippen molar-refractivity contribution in [3.05, 3.63) is 27.2 Å². The molecule has 20 heavy (non-hydrogen) atoms. The highest BCUT2D eigenvalue weighted by Crippen LogP contribution is 2.33. The van der Waals surface area contributed by atoms with Crippen LogP contribution in [0.5, 0.6) is 0 Å². The van der Waals surface area contributed by atoms with Gasteiger partial charge in [-0.1, -0.05) is 48.7 Å². The number of halogens is 3. The van der Waals surface area contributed by atoms with Gasteiger partial charge >= 0.3 is 12.0 Å². The van der Waals surface area contributed by atoms with Crippen molar-refractivity contribution in [2.45, 2.75) is 19.9 Å². The van der Waals surface area contributed by atoms with Crippen LogP contribution in [0.4, 0.5) is 10.5 Å². The molecule has 0 aliphatic heterocycles. The summed E-state index contributed by atoms with van der Waals surface area (Å²) in [6.45, 7) is 3.36. The maximum atomic E-state index is 11.8. The summed E-state index contributed by atoms with van der Waals surface area (Å²) in [5.74, 6) is -1.39. The normalized spacial score (nSPS) is 12.1. The summed E-state index contributed by atoms with van der Waals surface area (Å²) in [6.07, 6.45) is 0. The second-order valence-corrected chi connectivity index (χ2v) is 5.65. The molecule has 0 fully saturated rings. The van der Waals surface area contributed by atoms with Crippen molar-refractivity contribution in [3.63, 3.8) is 0 Å². The fraction of sp³-hybridized carbons (Fsp3) is 0.333. The Morgan fingerprint density at radius 1 is 1.15 bits per heavy atom. The topological polar surface area (TPSA) is 78.4 Å².